The summed E-state index contributed by atoms with van der Waals surface area (Å²) in [5.41, 5.74) is 10.4. The molecule has 0 bridgehead atoms. The van der Waals surface area contributed by atoms with Crippen LogP contribution in [0.2, 0.25) is 0 Å². The molecule has 15 aromatic rings. The van der Waals surface area contributed by atoms with Crippen molar-refractivity contribution in [2.75, 3.05) is 0 Å². The Morgan fingerprint density at radius 2 is 0.667 bits per heavy atom. The van der Waals surface area contributed by atoms with E-state index in [0.717, 1.165) is 77.1 Å². The van der Waals surface area contributed by atoms with Crippen LogP contribution in [-0.2, 0) is 0 Å². The van der Waals surface area contributed by atoms with Gasteiger partial charge in [0.25, 0.3) is 0 Å². The minimum Gasteiger partial charge on any atom is -0.309 e. The summed E-state index contributed by atoms with van der Waals surface area (Å²) in [4.78, 5) is 16.5. The lowest BCUT2D eigenvalue weighted by atomic mass is 9.94. The molecule has 0 aliphatic rings. The number of fused-ring (bicyclic) bond motifs is 16. The molecule has 0 N–H and O–H groups in total. The predicted molar refractivity (Wildman–Crippen MR) is 286 cm³/mol. The van der Waals surface area contributed by atoms with Gasteiger partial charge in [0.05, 0.1) is 33.1 Å². The summed E-state index contributed by atoms with van der Waals surface area (Å²) in [6.07, 6.45) is 0. The van der Waals surface area contributed by atoms with E-state index in [2.05, 4.69) is 226 Å². The summed E-state index contributed by atoms with van der Waals surface area (Å²) >= 11 is 0. The van der Waals surface area contributed by atoms with Gasteiger partial charge in [-0.05, 0) is 80.8 Å². The molecule has 0 saturated carbocycles. The van der Waals surface area contributed by atoms with E-state index in [1.165, 1.54) is 43.1 Å². The highest BCUT2D eigenvalue weighted by Crippen LogP contribution is 2.44. The fraction of sp³-hybridized carbons (Fsp3) is 0. The lowest BCUT2D eigenvalue weighted by molar-refractivity contribution is 0.953. The third kappa shape index (κ3) is 5.45. The molecular weight excluding hydrogens is 841 g/mol. The van der Waals surface area contributed by atoms with Gasteiger partial charge in [0, 0.05) is 54.8 Å². The van der Waals surface area contributed by atoms with Gasteiger partial charge in [-0.1, -0.05) is 182 Å². The average Bonchev–Trinajstić information content (AvgIpc) is 4.07. The highest BCUT2D eigenvalue weighted by atomic mass is 15.2. The van der Waals surface area contributed by atoms with Gasteiger partial charge in [0.2, 0.25) is 5.95 Å². The second-order valence-electron chi connectivity index (χ2n) is 17.9. The van der Waals surface area contributed by atoms with Gasteiger partial charge < -0.3 is 9.13 Å². The van der Waals surface area contributed by atoms with E-state index in [1.807, 2.05) is 18.2 Å². The molecule has 0 amide bonds. The van der Waals surface area contributed by atoms with E-state index < -0.39 is 0 Å². The maximum atomic E-state index is 5.61. The maximum Gasteiger partial charge on any atom is 0.238 e. The van der Waals surface area contributed by atoms with Crippen molar-refractivity contribution >= 4 is 97.7 Å². The molecule has 0 aliphatic carbocycles. The molecular formula is C63H38N6. The molecule has 4 aromatic heterocycles. The van der Waals surface area contributed by atoms with Gasteiger partial charge in [-0.3, -0.25) is 4.57 Å². The minimum absolute atomic E-state index is 0.546. The zero-order valence-corrected chi connectivity index (χ0v) is 37.1. The van der Waals surface area contributed by atoms with Crippen LogP contribution >= 0.6 is 0 Å². The van der Waals surface area contributed by atoms with Crippen molar-refractivity contribution in [1.29, 1.82) is 0 Å². The quantitative estimate of drug-likeness (QED) is 0.162. The molecule has 69 heavy (non-hydrogen) atoms. The average molecular weight is 879 g/mol. The zero-order chi connectivity index (χ0) is 45.2. The fourth-order valence-electron chi connectivity index (χ4n) is 11.4. The van der Waals surface area contributed by atoms with Crippen molar-refractivity contribution < 1.29 is 0 Å². The van der Waals surface area contributed by atoms with Crippen LogP contribution < -0.4 is 0 Å². The third-order valence-corrected chi connectivity index (χ3v) is 14.3. The molecule has 320 valence electrons. The Bertz CT molecular complexity index is 4560. The number of para-hydroxylation sites is 5. The second kappa shape index (κ2) is 14.6. The monoisotopic (exact) mass is 878 g/mol. The van der Waals surface area contributed by atoms with Crippen molar-refractivity contribution in [2.24, 2.45) is 0 Å². The van der Waals surface area contributed by atoms with Crippen LogP contribution in [0.25, 0.3) is 138 Å². The first-order chi connectivity index (χ1) is 34.3. The van der Waals surface area contributed by atoms with Crippen LogP contribution in [0.3, 0.4) is 0 Å². The highest BCUT2D eigenvalue weighted by Gasteiger charge is 2.25. The van der Waals surface area contributed by atoms with E-state index in [-0.39, 0.29) is 0 Å². The fourth-order valence-corrected chi connectivity index (χ4v) is 11.4. The molecule has 0 fully saturated rings. The summed E-state index contributed by atoms with van der Waals surface area (Å²) < 4.78 is 7.10. The topological polar surface area (TPSA) is 53.5 Å². The molecule has 0 aliphatic heterocycles. The Morgan fingerprint density at radius 3 is 1.28 bits per heavy atom. The van der Waals surface area contributed by atoms with Gasteiger partial charge in [-0.15, -0.1) is 0 Å². The predicted octanol–water partition coefficient (Wildman–Crippen LogP) is 16.0. The number of hydrogen-bond donors (Lipinski definition) is 0. The van der Waals surface area contributed by atoms with Crippen LogP contribution in [0.4, 0.5) is 0 Å². The molecule has 0 atom stereocenters. The van der Waals surface area contributed by atoms with Gasteiger partial charge in [-0.25, -0.2) is 4.98 Å². The molecule has 0 radical (unpaired) electrons. The van der Waals surface area contributed by atoms with Gasteiger partial charge >= 0.3 is 0 Å². The highest BCUT2D eigenvalue weighted by molar-refractivity contribution is 6.27. The molecule has 0 spiro atoms. The Labute approximate surface area is 395 Å². The number of hydrogen-bond acceptors (Lipinski definition) is 3. The van der Waals surface area contributed by atoms with E-state index in [4.69, 9.17) is 15.0 Å². The van der Waals surface area contributed by atoms with E-state index in [1.54, 1.807) is 0 Å². The summed E-state index contributed by atoms with van der Waals surface area (Å²) in [6.45, 7) is 0. The largest absolute Gasteiger partial charge is 0.309 e. The van der Waals surface area contributed by atoms with Crippen LogP contribution in [0.15, 0.2) is 231 Å². The Morgan fingerprint density at radius 1 is 0.246 bits per heavy atom. The number of benzene rings is 11. The van der Waals surface area contributed by atoms with E-state index in [0.29, 0.717) is 17.6 Å². The second-order valence-corrected chi connectivity index (χ2v) is 17.9. The Kier molecular flexibility index (Phi) is 7.97. The summed E-state index contributed by atoms with van der Waals surface area (Å²) in [5.74, 6) is 1.74. The molecule has 6 heteroatoms. The Hall–Kier alpha value is -9.39. The van der Waals surface area contributed by atoms with E-state index in [9.17, 15) is 0 Å². The van der Waals surface area contributed by atoms with Crippen molar-refractivity contribution in [3.8, 4) is 40.1 Å². The maximum absolute atomic E-state index is 5.61. The SMILES string of the molecule is c1ccc(-c2nc(-c3cccc4c5ccccc5n(-c5ccccc5)c34)nc(-n3c4ccccc4c4ccc5c6ccccc6n(-c6ccc7c8ccccc8c8ccccc8c7c6)c5c43)n2)cc1. The van der Waals surface area contributed by atoms with Crippen molar-refractivity contribution in [3.63, 3.8) is 0 Å². The van der Waals surface area contributed by atoms with Gasteiger partial charge in [-0.2, -0.15) is 9.97 Å². The number of aromatic nitrogens is 6. The first-order valence-electron chi connectivity index (χ1n) is 23.5. The first kappa shape index (κ1) is 37.8. The van der Waals surface area contributed by atoms with Gasteiger partial charge in [0.1, 0.15) is 0 Å². The van der Waals surface area contributed by atoms with Crippen molar-refractivity contribution in [1.82, 2.24) is 28.7 Å². The summed E-state index contributed by atoms with van der Waals surface area (Å²) in [7, 11) is 0. The molecule has 11 aromatic carbocycles. The molecule has 6 nitrogen and oxygen atoms in total. The lowest BCUT2D eigenvalue weighted by Crippen LogP contribution is -2.08. The summed E-state index contributed by atoms with van der Waals surface area (Å²) in [6, 6.07) is 82.6. The van der Waals surface area contributed by atoms with Crippen LogP contribution in [0, 0.1) is 0 Å². The molecule has 0 saturated heterocycles. The zero-order valence-electron chi connectivity index (χ0n) is 37.1. The Balaban J connectivity index is 1.08. The lowest BCUT2D eigenvalue weighted by Gasteiger charge is -2.15. The van der Waals surface area contributed by atoms with Crippen LogP contribution in [0.1, 0.15) is 0 Å². The minimum atomic E-state index is 0.546. The van der Waals surface area contributed by atoms with Crippen molar-refractivity contribution in [2.45, 2.75) is 0 Å². The smallest absolute Gasteiger partial charge is 0.238 e. The molecule has 4 heterocycles. The third-order valence-electron chi connectivity index (χ3n) is 14.3. The van der Waals surface area contributed by atoms with E-state index >= 15 is 0 Å². The van der Waals surface area contributed by atoms with Crippen LogP contribution in [-0.4, -0.2) is 28.7 Å². The van der Waals surface area contributed by atoms with Crippen LogP contribution in [0.5, 0.6) is 0 Å². The first-order valence-corrected chi connectivity index (χ1v) is 23.5. The molecule has 15 rings (SSSR count). The number of nitrogens with zero attached hydrogens (tertiary/aromatic N) is 6. The molecule has 0 unspecified atom stereocenters. The van der Waals surface area contributed by atoms with Crippen molar-refractivity contribution in [3.05, 3.63) is 231 Å². The normalized spacial score (nSPS) is 12.1. The standard InChI is InChI=1S/C63H38N6/c1-3-18-39(19-4-1)61-64-62(53-30-17-29-50-47-26-11-14-31-55(47)67(58(50)53)40-20-5-2-6-21-40)66-63(65-61)69-57-33-16-13-28-49(57)52-37-36-51-48-27-12-15-32-56(48)68(59(51)60(52)69)41-34-35-46-44-24-8-7-22-42(44)43-23-9-10-25-45(43)54(46)38-41/h1-38H. The van der Waals surface area contributed by atoms with Gasteiger partial charge in [0.15, 0.2) is 11.6 Å². The number of rotatable bonds is 5. The summed E-state index contributed by atoms with van der Waals surface area (Å²) in [5, 5.41) is 14.3.